The standard InChI is InChI=1S/C20H23N5O/c21-20(24-9-11-26-12-10-24)22-13-16-5-7-17(8-6-16)14-25-15-23-18-3-1-2-4-19(18)25/h1-8,15H,9-14H2,(H2,21,22). The third kappa shape index (κ3) is 3.70. The SMILES string of the molecule is NC(=NCc1ccc(Cn2cnc3ccccc32)cc1)N1CCOCC1. The molecule has 0 amide bonds. The summed E-state index contributed by atoms with van der Waals surface area (Å²) in [6.45, 7) is 4.46. The van der Waals surface area contributed by atoms with Crippen molar-refractivity contribution in [2.24, 2.45) is 10.7 Å². The van der Waals surface area contributed by atoms with Gasteiger partial charge in [0.15, 0.2) is 5.96 Å². The monoisotopic (exact) mass is 349 g/mol. The van der Waals surface area contributed by atoms with Crippen LogP contribution in [0, 0.1) is 0 Å². The molecule has 0 spiro atoms. The van der Waals surface area contributed by atoms with Crippen molar-refractivity contribution in [2.75, 3.05) is 26.3 Å². The normalized spacial score (nSPS) is 15.5. The Morgan fingerprint density at radius 1 is 1.04 bits per heavy atom. The molecule has 6 heteroatoms. The number of hydrogen-bond acceptors (Lipinski definition) is 3. The Hall–Kier alpha value is -2.86. The summed E-state index contributed by atoms with van der Waals surface area (Å²) >= 11 is 0. The number of nitrogens with two attached hydrogens (primary N) is 1. The maximum absolute atomic E-state index is 6.08. The summed E-state index contributed by atoms with van der Waals surface area (Å²) in [5.74, 6) is 0.599. The van der Waals surface area contributed by atoms with Crippen LogP contribution in [-0.2, 0) is 17.8 Å². The van der Waals surface area contributed by atoms with Gasteiger partial charge < -0.3 is 19.9 Å². The van der Waals surface area contributed by atoms with Gasteiger partial charge in [0.25, 0.3) is 0 Å². The van der Waals surface area contributed by atoms with Gasteiger partial charge in [-0.3, -0.25) is 0 Å². The fourth-order valence-corrected chi connectivity index (χ4v) is 3.15. The number of ether oxygens (including phenoxy) is 1. The summed E-state index contributed by atoms with van der Waals surface area (Å²) < 4.78 is 7.50. The molecule has 6 nitrogen and oxygen atoms in total. The van der Waals surface area contributed by atoms with Crippen molar-refractivity contribution in [3.63, 3.8) is 0 Å². The number of morpholine rings is 1. The van der Waals surface area contributed by atoms with E-state index in [1.165, 1.54) is 5.56 Å². The summed E-state index contributed by atoms with van der Waals surface area (Å²) in [6.07, 6.45) is 1.89. The summed E-state index contributed by atoms with van der Waals surface area (Å²) in [6, 6.07) is 16.7. The van der Waals surface area contributed by atoms with Crippen LogP contribution in [0.4, 0.5) is 0 Å². The quantitative estimate of drug-likeness (QED) is 0.579. The van der Waals surface area contributed by atoms with Gasteiger partial charge in [-0.15, -0.1) is 0 Å². The molecule has 0 atom stereocenters. The number of hydrogen-bond donors (Lipinski definition) is 1. The van der Waals surface area contributed by atoms with Crippen LogP contribution in [0.5, 0.6) is 0 Å². The lowest BCUT2D eigenvalue weighted by Crippen LogP contribution is -2.44. The van der Waals surface area contributed by atoms with Crippen LogP contribution < -0.4 is 5.73 Å². The lowest BCUT2D eigenvalue weighted by Gasteiger charge is -2.27. The highest BCUT2D eigenvalue weighted by Crippen LogP contribution is 2.15. The zero-order valence-corrected chi connectivity index (χ0v) is 14.7. The molecule has 2 heterocycles. The molecule has 0 unspecified atom stereocenters. The van der Waals surface area contributed by atoms with Crippen molar-refractivity contribution in [2.45, 2.75) is 13.1 Å². The Balaban J connectivity index is 1.40. The van der Waals surface area contributed by atoms with E-state index in [0.717, 1.165) is 36.2 Å². The van der Waals surface area contributed by atoms with Crippen molar-refractivity contribution in [1.82, 2.24) is 14.5 Å². The molecule has 4 rings (SSSR count). The minimum atomic E-state index is 0.595. The predicted molar refractivity (Wildman–Crippen MR) is 103 cm³/mol. The molecule has 1 fully saturated rings. The molecule has 0 radical (unpaired) electrons. The molecule has 26 heavy (non-hydrogen) atoms. The van der Waals surface area contributed by atoms with E-state index >= 15 is 0 Å². The number of rotatable bonds is 4. The van der Waals surface area contributed by atoms with E-state index in [1.807, 2.05) is 24.5 Å². The Morgan fingerprint density at radius 2 is 1.77 bits per heavy atom. The Morgan fingerprint density at radius 3 is 2.58 bits per heavy atom. The van der Waals surface area contributed by atoms with E-state index in [2.05, 4.69) is 49.8 Å². The highest BCUT2D eigenvalue weighted by molar-refractivity contribution is 5.78. The van der Waals surface area contributed by atoms with E-state index in [4.69, 9.17) is 10.5 Å². The molecule has 2 aromatic carbocycles. The summed E-state index contributed by atoms with van der Waals surface area (Å²) in [4.78, 5) is 11.0. The summed E-state index contributed by atoms with van der Waals surface area (Å²) in [5.41, 5.74) is 10.6. The first-order chi connectivity index (χ1) is 12.8. The van der Waals surface area contributed by atoms with Gasteiger partial charge in [0, 0.05) is 19.6 Å². The van der Waals surface area contributed by atoms with E-state index < -0.39 is 0 Å². The average molecular weight is 349 g/mol. The van der Waals surface area contributed by atoms with E-state index in [9.17, 15) is 0 Å². The molecule has 1 aliphatic heterocycles. The van der Waals surface area contributed by atoms with Gasteiger partial charge >= 0.3 is 0 Å². The van der Waals surface area contributed by atoms with Gasteiger partial charge in [-0.1, -0.05) is 36.4 Å². The second kappa shape index (κ2) is 7.58. The van der Waals surface area contributed by atoms with Crippen molar-refractivity contribution in [3.8, 4) is 0 Å². The number of nitrogens with zero attached hydrogens (tertiary/aromatic N) is 4. The highest BCUT2D eigenvalue weighted by atomic mass is 16.5. The lowest BCUT2D eigenvalue weighted by molar-refractivity contribution is 0.0674. The fourth-order valence-electron chi connectivity index (χ4n) is 3.15. The molecule has 1 aliphatic rings. The fraction of sp³-hybridized carbons (Fsp3) is 0.300. The highest BCUT2D eigenvalue weighted by Gasteiger charge is 2.11. The van der Waals surface area contributed by atoms with Crippen molar-refractivity contribution >= 4 is 17.0 Å². The maximum atomic E-state index is 6.08. The number of para-hydroxylation sites is 2. The van der Waals surface area contributed by atoms with Gasteiger partial charge in [0.05, 0.1) is 37.1 Å². The van der Waals surface area contributed by atoms with Crippen LogP contribution in [0.25, 0.3) is 11.0 Å². The number of aliphatic imine (C=N–C) groups is 1. The molecule has 134 valence electrons. The first-order valence-corrected chi connectivity index (χ1v) is 8.90. The van der Waals surface area contributed by atoms with Crippen molar-refractivity contribution < 1.29 is 4.74 Å². The van der Waals surface area contributed by atoms with Crippen molar-refractivity contribution in [3.05, 3.63) is 66.0 Å². The largest absolute Gasteiger partial charge is 0.378 e. The van der Waals surface area contributed by atoms with Crippen LogP contribution in [0.2, 0.25) is 0 Å². The number of imidazole rings is 1. The number of fused-ring (bicyclic) bond motifs is 1. The molecule has 0 saturated carbocycles. The van der Waals surface area contributed by atoms with Gasteiger partial charge in [-0.25, -0.2) is 9.98 Å². The second-order valence-electron chi connectivity index (χ2n) is 6.45. The van der Waals surface area contributed by atoms with Crippen LogP contribution in [-0.4, -0.2) is 46.7 Å². The predicted octanol–water partition coefficient (Wildman–Crippen LogP) is 2.23. The number of guanidine groups is 1. The maximum Gasteiger partial charge on any atom is 0.191 e. The number of benzene rings is 2. The van der Waals surface area contributed by atoms with Crippen LogP contribution in [0.1, 0.15) is 11.1 Å². The Bertz CT molecular complexity index is 894. The van der Waals surface area contributed by atoms with E-state index in [1.54, 1.807) is 0 Å². The summed E-state index contributed by atoms with van der Waals surface area (Å²) in [7, 11) is 0. The minimum Gasteiger partial charge on any atom is -0.378 e. The third-order valence-corrected chi connectivity index (χ3v) is 4.66. The molecular weight excluding hydrogens is 326 g/mol. The average Bonchev–Trinajstić information content (AvgIpc) is 3.11. The zero-order chi connectivity index (χ0) is 17.8. The molecule has 1 aromatic heterocycles. The lowest BCUT2D eigenvalue weighted by atomic mass is 10.1. The third-order valence-electron chi connectivity index (χ3n) is 4.66. The van der Waals surface area contributed by atoms with Crippen LogP contribution >= 0.6 is 0 Å². The molecule has 3 aromatic rings. The van der Waals surface area contributed by atoms with E-state index in [0.29, 0.717) is 25.7 Å². The summed E-state index contributed by atoms with van der Waals surface area (Å²) in [5, 5.41) is 0. The number of aromatic nitrogens is 2. The molecule has 1 saturated heterocycles. The Kier molecular flexibility index (Phi) is 4.84. The minimum absolute atomic E-state index is 0.595. The molecule has 2 N–H and O–H groups in total. The zero-order valence-electron chi connectivity index (χ0n) is 14.7. The van der Waals surface area contributed by atoms with Gasteiger partial charge in [-0.05, 0) is 23.3 Å². The molecule has 0 bridgehead atoms. The first-order valence-electron chi connectivity index (χ1n) is 8.90. The van der Waals surface area contributed by atoms with Gasteiger partial charge in [0.2, 0.25) is 0 Å². The van der Waals surface area contributed by atoms with Crippen LogP contribution in [0.15, 0.2) is 59.9 Å². The molecular formula is C20H23N5O. The second-order valence-corrected chi connectivity index (χ2v) is 6.45. The molecule has 0 aliphatic carbocycles. The van der Waals surface area contributed by atoms with Gasteiger partial charge in [-0.2, -0.15) is 0 Å². The van der Waals surface area contributed by atoms with Crippen molar-refractivity contribution in [1.29, 1.82) is 0 Å². The smallest absolute Gasteiger partial charge is 0.191 e. The Labute approximate surface area is 152 Å². The van der Waals surface area contributed by atoms with Crippen LogP contribution in [0.3, 0.4) is 0 Å². The van der Waals surface area contributed by atoms with Gasteiger partial charge in [0.1, 0.15) is 0 Å². The van der Waals surface area contributed by atoms with E-state index in [-0.39, 0.29) is 0 Å². The topological polar surface area (TPSA) is 68.7 Å². The first kappa shape index (κ1) is 16.6.